The van der Waals surface area contributed by atoms with Gasteiger partial charge < -0.3 is 10.1 Å². The summed E-state index contributed by atoms with van der Waals surface area (Å²) < 4.78 is 30.5. The molecule has 3 rings (SSSR count). The van der Waals surface area contributed by atoms with Crippen LogP contribution in [0.25, 0.3) is 0 Å². The molecular weight excluding hydrogens is 260 g/mol. The van der Waals surface area contributed by atoms with Crippen molar-refractivity contribution in [2.45, 2.75) is 19.0 Å². The second-order valence-corrected chi connectivity index (χ2v) is 4.82. The minimum atomic E-state index is -2.41. The Morgan fingerprint density at radius 2 is 1.85 bits per heavy atom. The van der Waals surface area contributed by atoms with Gasteiger partial charge in [-0.2, -0.15) is 0 Å². The molecule has 1 unspecified atom stereocenters. The van der Waals surface area contributed by atoms with Crippen LogP contribution in [0.2, 0.25) is 0 Å². The van der Waals surface area contributed by atoms with E-state index in [2.05, 4.69) is 5.32 Å². The molecule has 2 aromatic rings. The summed E-state index contributed by atoms with van der Waals surface area (Å²) in [7, 11) is 0. The van der Waals surface area contributed by atoms with E-state index in [-0.39, 0.29) is 11.6 Å². The Morgan fingerprint density at radius 3 is 2.60 bits per heavy atom. The van der Waals surface area contributed by atoms with E-state index in [4.69, 9.17) is 4.74 Å². The first-order valence-electron chi connectivity index (χ1n) is 6.56. The van der Waals surface area contributed by atoms with Crippen LogP contribution >= 0.6 is 0 Å². The van der Waals surface area contributed by atoms with Crippen LogP contribution in [-0.2, 0) is 6.54 Å². The van der Waals surface area contributed by atoms with E-state index < -0.39 is 6.43 Å². The summed E-state index contributed by atoms with van der Waals surface area (Å²) in [5.41, 5.74) is 2.19. The summed E-state index contributed by atoms with van der Waals surface area (Å²) >= 11 is 0. The normalized spacial score (nSPS) is 17.1. The van der Waals surface area contributed by atoms with Crippen LogP contribution in [0.5, 0.6) is 5.75 Å². The molecule has 1 atom stereocenters. The van der Waals surface area contributed by atoms with Gasteiger partial charge in [-0.3, -0.25) is 0 Å². The minimum absolute atomic E-state index is 0.0586. The molecule has 2 aromatic carbocycles. The summed E-state index contributed by atoms with van der Waals surface area (Å²) in [6, 6.07) is 14.5. The molecule has 0 aliphatic carbocycles. The van der Waals surface area contributed by atoms with Gasteiger partial charge in [0.15, 0.2) is 0 Å². The van der Waals surface area contributed by atoms with Crippen molar-refractivity contribution in [3.05, 3.63) is 65.2 Å². The molecule has 0 bridgehead atoms. The molecule has 4 heteroatoms. The van der Waals surface area contributed by atoms with Gasteiger partial charge in [0.25, 0.3) is 6.43 Å². The number of ether oxygens (including phenoxy) is 1. The lowest BCUT2D eigenvalue weighted by Gasteiger charge is -2.12. The van der Waals surface area contributed by atoms with Crippen molar-refractivity contribution in [1.82, 2.24) is 5.32 Å². The number of fused-ring (bicyclic) bond motifs is 1. The van der Waals surface area contributed by atoms with Crippen LogP contribution in [0.1, 0.15) is 29.2 Å². The number of hydrogen-bond donors (Lipinski definition) is 1. The third-order valence-electron chi connectivity index (χ3n) is 3.48. The van der Waals surface area contributed by atoms with Crippen LogP contribution < -0.4 is 10.1 Å². The smallest absolute Gasteiger partial charge is 0.263 e. The van der Waals surface area contributed by atoms with Gasteiger partial charge in [-0.25, -0.2) is 8.78 Å². The first-order valence-corrected chi connectivity index (χ1v) is 6.56. The molecule has 1 N–H and O–H groups in total. The highest BCUT2D eigenvalue weighted by Crippen LogP contribution is 2.31. The molecule has 0 aromatic heterocycles. The molecular formula is C16H15F2NO. The van der Waals surface area contributed by atoms with Crippen LogP contribution in [0.15, 0.2) is 48.5 Å². The summed E-state index contributed by atoms with van der Waals surface area (Å²) in [4.78, 5) is 0. The number of rotatable bonds is 4. The van der Waals surface area contributed by atoms with E-state index in [1.807, 2.05) is 24.3 Å². The van der Waals surface area contributed by atoms with E-state index >= 15 is 0 Å². The maximum atomic E-state index is 12.5. The lowest BCUT2D eigenvalue weighted by atomic mass is 10.1. The van der Waals surface area contributed by atoms with Gasteiger partial charge >= 0.3 is 0 Å². The molecule has 0 saturated carbocycles. The fraction of sp³-hybridized carbons (Fsp3) is 0.250. The third kappa shape index (κ3) is 2.65. The van der Waals surface area contributed by atoms with Crippen LogP contribution in [0, 0.1) is 0 Å². The molecule has 0 fully saturated rings. The van der Waals surface area contributed by atoms with Crippen molar-refractivity contribution in [1.29, 1.82) is 0 Å². The zero-order chi connectivity index (χ0) is 13.9. The maximum Gasteiger partial charge on any atom is 0.263 e. The van der Waals surface area contributed by atoms with Crippen molar-refractivity contribution in [3.8, 4) is 5.75 Å². The van der Waals surface area contributed by atoms with Crippen LogP contribution in [0.4, 0.5) is 8.78 Å². The highest BCUT2D eigenvalue weighted by molar-refractivity contribution is 5.39. The number of benzene rings is 2. The molecule has 1 aliphatic rings. The van der Waals surface area contributed by atoms with Crippen molar-refractivity contribution in [3.63, 3.8) is 0 Å². The van der Waals surface area contributed by atoms with Gasteiger partial charge in [0, 0.05) is 17.7 Å². The van der Waals surface area contributed by atoms with Crippen molar-refractivity contribution in [2.75, 3.05) is 6.61 Å². The van der Waals surface area contributed by atoms with Crippen molar-refractivity contribution < 1.29 is 13.5 Å². The average molecular weight is 275 g/mol. The second-order valence-electron chi connectivity index (χ2n) is 4.82. The van der Waals surface area contributed by atoms with E-state index in [9.17, 15) is 8.78 Å². The predicted octanol–water partition coefficient (Wildman–Crippen LogP) is 3.85. The molecule has 1 aliphatic heterocycles. The van der Waals surface area contributed by atoms with Gasteiger partial charge in [-0.05, 0) is 11.6 Å². The quantitative estimate of drug-likeness (QED) is 0.915. The predicted molar refractivity (Wildman–Crippen MR) is 72.9 cm³/mol. The fourth-order valence-corrected chi connectivity index (χ4v) is 2.35. The van der Waals surface area contributed by atoms with Gasteiger partial charge in [0.2, 0.25) is 0 Å². The summed E-state index contributed by atoms with van der Waals surface area (Å²) in [6.07, 6.45) is -2.41. The average Bonchev–Trinajstić information content (AvgIpc) is 2.89. The van der Waals surface area contributed by atoms with E-state index in [1.165, 1.54) is 12.1 Å². The monoisotopic (exact) mass is 275 g/mol. The largest absolute Gasteiger partial charge is 0.491 e. The number of para-hydroxylation sites is 1. The number of nitrogens with one attached hydrogen (secondary N) is 1. The Morgan fingerprint density at radius 1 is 1.10 bits per heavy atom. The van der Waals surface area contributed by atoms with E-state index in [1.54, 1.807) is 12.1 Å². The zero-order valence-electron chi connectivity index (χ0n) is 10.9. The van der Waals surface area contributed by atoms with Crippen LogP contribution in [-0.4, -0.2) is 6.61 Å². The van der Waals surface area contributed by atoms with Crippen molar-refractivity contribution >= 4 is 0 Å². The fourth-order valence-electron chi connectivity index (χ4n) is 2.35. The Kier molecular flexibility index (Phi) is 3.65. The Hall–Kier alpha value is -1.94. The SMILES string of the molecule is FC(F)c1ccc(CNC2COc3ccccc32)cc1. The van der Waals surface area contributed by atoms with E-state index in [0.29, 0.717) is 13.2 Å². The molecule has 0 spiro atoms. The number of halogens is 2. The zero-order valence-corrected chi connectivity index (χ0v) is 10.9. The molecule has 0 saturated heterocycles. The molecule has 1 heterocycles. The Labute approximate surface area is 116 Å². The van der Waals surface area contributed by atoms with Gasteiger partial charge in [-0.1, -0.05) is 42.5 Å². The molecule has 2 nitrogen and oxygen atoms in total. The lowest BCUT2D eigenvalue weighted by molar-refractivity contribution is 0.151. The first kappa shape index (κ1) is 13.1. The number of alkyl halides is 2. The topological polar surface area (TPSA) is 21.3 Å². The van der Waals surface area contributed by atoms with Gasteiger partial charge in [0.1, 0.15) is 12.4 Å². The summed E-state index contributed by atoms with van der Waals surface area (Å²) in [5, 5.41) is 3.39. The standard InChI is InChI=1S/C16H15F2NO/c17-16(18)12-7-5-11(6-8-12)9-19-14-10-20-15-4-2-1-3-13(14)15/h1-8,14,16,19H,9-10H2. The van der Waals surface area contributed by atoms with Gasteiger partial charge in [-0.15, -0.1) is 0 Å². The number of hydrogen-bond acceptors (Lipinski definition) is 2. The summed E-state index contributed by atoms with van der Waals surface area (Å²) in [6.45, 7) is 1.24. The van der Waals surface area contributed by atoms with Crippen molar-refractivity contribution in [2.24, 2.45) is 0 Å². The Balaban J connectivity index is 1.63. The lowest BCUT2D eigenvalue weighted by Crippen LogP contribution is -2.21. The second kappa shape index (κ2) is 5.59. The minimum Gasteiger partial charge on any atom is -0.491 e. The first-order chi connectivity index (χ1) is 9.74. The third-order valence-corrected chi connectivity index (χ3v) is 3.48. The maximum absolute atomic E-state index is 12.5. The highest BCUT2D eigenvalue weighted by Gasteiger charge is 2.22. The Bertz CT molecular complexity index is 583. The van der Waals surface area contributed by atoms with Gasteiger partial charge in [0.05, 0.1) is 6.04 Å². The molecule has 20 heavy (non-hydrogen) atoms. The molecule has 0 amide bonds. The molecule has 0 radical (unpaired) electrons. The van der Waals surface area contributed by atoms with Crippen LogP contribution in [0.3, 0.4) is 0 Å². The summed E-state index contributed by atoms with van der Waals surface area (Å²) in [5.74, 6) is 0.915. The van der Waals surface area contributed by atoms with E-state index in [0.717, 1.165) is 16.9 Å². The molecule has 104 valence electrons. The highest BCUT2D eigenvalue weighted by atomic mass is 19.3.